The molecule has 1 radical (unpaired) electrons. The second kappa shape index (κ2) is 3.25. The van der Waals surface area contributed by atoms with Crippen LogP contribution < -0.4 is 5.73 Å². The van der Waals surface area contributed by atoms with E-state index in [1.807, 2.05) is 24.3 Å². The van der Waals surface area contributed by atoms with Crippen molar-refractivity contribution in [2.75, 3.05) is 5.73 Å². The maximum atomic E-state index is 5.68. The summed E-state index contributed by atoms with van der Waals surface area (Å²) in [6.07, 6.45) is 1.89. The van der Waals surface area contributed by atoms with Gasteiger partial charge in [-0.2, -0.15) is 0 Å². The van der Waals surface area contributed by atoms with Gasteiger partial charge in [-0.15, -0.1) is 0 Å². The lowest BCUT2D eigenvalue weighted by Crippen LogP contribution is -1.92. The Bertz CT molecular complexity index is 206. The molecular weight excluding hydrogens is 122 g/mol. The van der Waals surface area contributed by atoms with Crippen molar-refractivity contribution in [2.24, 2.45) is 0 Å². The molecular formula is C9H12N. The third-order valence-electron chi connectivity index (χ3n) is 1.50. The summed E-state index contributed by atoms with van der Waals surface area (Å²) in [5.74, 6) is 0. The molecule has 0 fully saturated rings. The van der Waals surface area contributed by atoms with Gasteiger partial charge in [-0.1, -0.05) is 25.1 Å². The van der Waals surface area contributed by atoms with Gasteiger partial charge < -0.3 is 5.73 Å². The number of benzene rings is 1. The second-order valence-electron chi connectivity index (χ2n) is 2.30. The number of rotatable bonds is 2. The Hall–Kier alpha value is -0.980. The molecule has 1 aromatic carbocycles. The molecule has 1 heteroatoms. The van der Waals surface area contributed by atoms with E-state index in [0.29, 0.717) is 0 Å². The Morgan fingerprint density at radius 3 is 2.60 bits per heavy atom. The normalized spacial score (nSPS) is 9.70. The summed E-state index contributed by atoms with van der Waals surface area (Å²) in [6.45, 7) is 3.77. The van der Waals surface area contributed by atoms with Gasteiger partial charge in [0.15, 0.2) is 0 Å². The highest BCUT2D eigenvalue weighted by molar-refractivity contribution is 5.46. The van der Waals surface area contributed by atoms with E-state index in [0.717, 1.165) is 18.5 Å². The Balaban J connectivity index is 2.81. The number of hydrogen-bond donors (Lipinski definition) is 1. The van der Waals surface area contributed by atoms with Crippen molar-refractivity contribution >= 4 is 5.69 Å². The van der Waals surface area contributed by atoms with Crippen LogP contribution in [0, 0.1) is 6.92 Å². The fourth-order valence-electron chi connectivity index (χ4n) is 0.952. The molecule has 2 N–H and O–H groups in total. The largest absolute Gasteiger partial charge is 0.399 e. The zero-order valence-corrected chi connectivity index (χ0v) is 6.01. The Labute approximate surface area is 61.9 Å². The highest BCUT2D eigenvalue weighted by atomic mass is 14.6. The maximum absolute atomic E-state index is 5.68. The monoisotopic (exact) mass is 134 g/mol. The van der Waals surface area contributed by atoms with Crippen molar-refractivity contribution in [1.29, 1.82) is 0 Å². The van der Waals surface area contributed by atoms with E-state index in [-0.39, 0.29) is 0 Å². The van der Waals surface area contributed by atoms with Crippen LogP contribution in [0.3, 0.4) is 0 Å². The van der Waals surface area contributed by atoms with E-state index in [1.54, 1.807) is 0 Å². The molecule has 0 aromatic heterocycles. The van der Waals surface area contributed by atoms with Crippen molar-refractivity contribution in [3.63, 3.8) is 0 Å². The third kappa shape index (κ3) is 1.50. The van der Waals surface area contributed by atoms with E-state index < -0.39 is 0 Å². The molecule has 10 heavy (non-hydrogen) atoms. The lowest BCUT2D eigenvalue weighted by atomic mass is 10.1. The molecule has 0 spiro atoms. The Morgan fingerprint density at radius 2 is 2.00 bits per heavy atom. The van der Waals surface area contributed by atoms with Gasteiger partial charge in [0.2, 0.25) is 0 Å². The molecule has 53 valence electrons. The lowest BCUT2D eigenvalue weighted by Gasteiger charge is -2.00. The van der Waals surface area contributed by atoms with Crippen LogP contribution >= 0.6 is 0 Å². The van der Waals surface area contributed by atoms with Gasteiger partial charge in [-0.05, 0) is 24.5 Å². The molecule has 0 saturated heterocycles. The number of para-hydroxylation sites is 1. The first kappa shape index (κ1) is 7.13. The molecule has 0 heterocycles. The highest BCUT2D eigenvalue weighted by Crippen LogP contribution is 2.11. The number of nitrogen functional groups attached to an aromatic ring is 1. The molecule has 1 aromatic rings. The quantitative estimate of drug-likeness (QED) is 0.615. The van der Waals surface area contributed by atoms with E-state index in [9.17, 15) is 0 Å². The van der Waals surface area contributed by atoms with Crippen LogP contribution in [0.15, 0.2) is 24.3 Å². The van der Waals surface area contributed by atoms with E-state index in [1.165, 1.54) is 5.56 Å². The molecule has 0 bridgehead atoms. The van der Waals surface area contributed by atoms with Crippen LogP contribution in [-0.2, 0) is 6.42 Å². The van der Waals surface area contributed by atoms with Crippen molar-refractivity contribution in [2.45, 2.75) is 12.8 Å². The van der Waals surface area contributed by atoms with Crippen LogP contribution in [0.5, 0.6) is 0 Å². The topological polar surface area (TPSA) is 26.0 Å². The first-order valence-electron chi connectivity index (χ1n) is 3.47. The Kier molecular flexibility index (Phi) is 2.32. The number of nitrogens with two attached hydrogens (primary N) is 1. The number of hydrogen-bond acceptors (Lipinski definition) is 1. The first-order valence-corrected chi connectivity index (χ1v) is 3.47. The standard InChI is InChI=1S/C9H12N/c1-2-5-8-6-3-4-7-9(8)10/h3-4,6-7H,1-2,5,10H2. The summed E-state index contributed by atoms with van der Waals surface area (Å²) < 4.78 is 0. The molecule has 0 saturated carbocycles. The minimum absolute atomic E-state index is 0.881. The van der Waals surface area contributed by atoms with Gasteiger partial charge in [0.1, 0.15) is 0 Å². The molecule has 0 amide bonds. The molecule has 0 atom stereocenters. The number of anilines is 1. The molecule has 1 rings (SSSR count). The van der Waals surface area contributed by atoms with Gasteiger partial charge in [0.05, 0.1) is 0 Å². The summed E-state index contributed by atoms with van der Waals surface area (Å²) in [6, 6.07) is 7.91. The van der Waals surface area contributed by atoms with Crippen molar-refractivity contribution in [1.82, 2.24) is 0 Å². The molecule has 0 aliphatic carbocycles. The third-order valence-corrected chi connectivity index (χ3v) is 1.50. The fraction of sp³-hybridized carbons (Fsp3) is 0.222. The minimum Gasteiger partial charge on any atom is -0.399 e. The van der Waals surface area contributed by atoms with Gasteiger partial charge in [-0.3, -0.25) is 0 Å². The highest BCUT2D eigenvalue weighted by Gasteiger charge is 1.93. The predicted octanol–water partition coefficient (Wildman–Crippen LogP) is 2.04. The van der Waals surface area contributed by atoms with Gasteiger partial charge in [-0.25, -0.2) is 0 Å². The van der Waals surface area contributed by atoms with Crippen LogP contribution in [0.25, 0.3) is 0 Å². The van der Waals surface area contributed by atoms with Crippen LogP contribution in [-0.4, -0.2) is 0 Å². The van der Waals surface area contributed by atoms with Gasteiger partial charge in [0, 0.05) is 5.69 Å². The van der Waals surface area contributed by atoms with Crippen molar-refractivity contribution < 1.29 is 0 Å². The Morgan fingerprint density at radius 1 is 1.30 bits per heavy atom. The average Bonchev–Trinajstić information content (AvgIpc) is 1.94. The minimum atomic E-state index is 0.881. The van der Waals surface area contributed by atoms with E-state index in [2.05, 4.69) is 6.92 Å². The smallest absolute Gasteiger partial charge is 0.0346 e. The van der Waals surface area contributed by atoms with E-state index >= 15 is 0 Å². The summed E-state index contributed by atoms with van der Waals surface area (Å²) in [5.41, 5.74) is 7.77. The summed E-state index contributed by atoms with van der Waals surface area (Å²) in [4.78, 5) is 0. The van der Waals surface area contributed by atoms with Crippen LogP contribution in [0.2, 0.25) is 0 Å². The zero-order chi connectivity index (χ0) is 7.40. The molecule has 0 unspecified atom stereocenters. The summed E-state index contributed by atoms with van der Waals surface area (Å²) >= 11 is 0. The van der Waals surface area contributed by atoms with Crippen molar-refractivity contribution in [3.8, 4) is 0 Å². The first-order chi connectivity index (χ1) is 4.84. The molecule has 0 aliphatic rings. The van der Waals surface area contributed by atoms with Gasteiger partial charge in [0.25, 0.3) is 0 Å². The molecule has 0 aliphatic heterocycles. The van der Waals surface area contributed by atoms with Crippen molar-refractivity contribution in [3.05, 3.63) is 36.8 Å². The lowest BCUT2D eigenvalue weighted by molar-refractivity contribution is 1.00. The van der Waals surface area contributed by atoms with E-state index in [4.69, 9.17) is 5.73 Å². The van der Waals surface area contributed by atoms with Crippen LogP contribution in [0.4, 0.5) is 5.69 Å². The second-order valence-corrected chi connectivity index (χ2v) is 2.30. The molecule has 1 nitrogen and oxygen atoms in total. The zero-order valence-electron chi connectivity index (χ0n) is 6.01. The summed E-state index contributed by atoms with van der Waals surface area (Å²) in [7, 11) is 0. The predicted molar refractivity (Wildman–Crippen MR) is 44.5 cm³/mol. The summed E-state index contributed by atoms with van der Waals surface area (Å²) in [5, 5.41) is 0. The van der Waals surface area contributed by atoms with Gasteiger partial charge >= 0.3 is 0 Å². The van der Waals surface area contributed by atoms with Crippen LogP contribution in [0.1, 0.15) is 12.0 Å². The SMILES string of the molecule is [CH2]CCc1ccccc1N. The average molecular weight is 134 g/mol. The number of aryl methyl sites for hydroxylation is 1. The fourth-order valence-corrected chi connectivity index (χ4v) is 0.952. The maximum Gasteiger partial charge on any atom is 0.0346 e.